The summed E-state index contributed by atoms with van der Waals surface area (Å²) in [5.41, 5.74) is 8.66. The molecule has 0 bridgehead atoms. The predicted octanol–water partition coefficient (Wildman–Crippen LogP) is 2.72. The van der Waals surface area contributed by atoms with Crippen molar-refractivity contribution in [1.82, 2.24) is 0 Å². The van der Waals surface area contributed by atoms with E-state index in [-0.39, 0.29) is 18.5 Å². The number of nitrogens with two attached hydrogens (primary N) is 1. The van der Waals surface area contributed by atoms with E-state index in [1.165, 1.54) is 12.5 Å². The van der Waals surface area contributed by atoms with Crippen molar-refractivity contribution in [3.63, 3.8) is 0 Å². The van der Waals surface area contributed by atoms with Crippen LogP contribution in [0.1, 0.15) is 24.2 Å². The molecule has 1 amide bonds. The topological polar surface area (TPSA) is 72.6 Å². The maximum atomic E-state index is 11.4. The van der Waals surface area contributed by atoms with Crippen LogP contribution in [0, 0.1) is 0 Å². The number of carbonyl (C=O) groups is 2. The summed E-state index contributed by atoms with van der Waals surface area (Å²) < 4.78 is 5.54. The number of amides is 1. The van der Waals surface area contributed by atoms with Crippen molar-refractivity contribution in [3.05, 3.63) is 59.7 Å². The van der Waals surface area contributed by atoms with Gasteiger partial charge in [-0.1, -0.05) is 36.4 Å². The van der Waals surface area contributed by atoms with Gasteiger partial charge in [-0.25, -0.2) is 0 Å². The fourth-order valence-corrected chi connectivity index (χ4v) is 2.82. The van der Waals surface area contributed by atoms with Gasteiger partial charge in [0.2, 0.25) is 6.41 Å². The monoisotopic (exact) mass is 312 g/mol. The molecule has 2 N–H and O–H groups in total. The molecular weight excluding hydrogens is 292 g/mol. The Hall–Kier alpha value is -2.82. The zero-order chi connectivity index (χ0) is 16.8. The molecular formula is C18H20N2O3. The van der Waals surface area contributed by atoms with Crippen LogP contribution in [0.3, 0.4) is 0 Å². The van der Waals surface area contributed by atoms with E-state index in [1.54, 1.807) is 0 Å². The average Bonchev–Trinajstić information content (AvgIpc) is 2.65. The Kier molecular flexibility index (Phi) is 5.36. The molecule has 23 heavy (non-hydrogen) atoms. The first-order valence-electron chi connectivity index (χ1n) is 7.31. The van der Waals surface area contributed by atoms with Crippen molar-refractivity contribution in [2.45, 2.75) is 19.4 Å². The van der Waals surface area contributed by atoms with Gasteiger partial charge in [0.15, 0.2) is 0 Å². The molecule has 5 heteroatoms. The largest absolute Gasteiger partial charge is 0.457 e. The normalized spacial score (nSPS) is 15.2. The summed E-state index contributed by atoms with van der Waals surface area (Å²) in [6.45, 7) is 1.46. The van der Waals surface area contributed by atoms with Crippen molar-refractivity contribution in [3.8, 4) is 0 Å². The van der Waals surface area contributed by atoms with E-state index in [1.807, 2.05) is 37.4 Å². The van der Waals surface area contributed by atoms with E-state index in [2.05, 4.69) is 28.8 Å². The van der Waals surface area contributed by atoms with Gasteiger partial charge in [-0.15, -0.1) is 0 Å². The molecule has 120 valence electrons. The number of para-hydroxylation sites is 2. The second kappa shape index (κ2) is 7.45. The number of carbonyl (C=O) groups excluding carboxylic acids is 2. The second-order valence-corrected chi connectivity index (χ2v) is 5.18. The van der Waals surface area contributed by atoms with Gasteiger partial charge in [-0.3, -0.25) is 9.59 Å². The van der Waals surface area contributed by atoms with Crippen molar-refractivity contribution in [2.75, 3.05) is 11.9 Å². The molecule has 3 rings (SSSR count). The van der Waals surface area contributed by atoms with E-state index < -0.39 is 0 Å². The minimum atomic E-state index is -0.244. The first-order valence-corrected chi connectivity index (χ1v) is 7.31. The van der Waals surface area contributed by atoms with Crippen LogP contribution >= 0.6 is 0 Å². The lowest BCUT2D eigenvalue weighted by molar-refractivity contribution is -0.146. The van der Waals surface area contributed by atoms with Crippen LogP contribution in [0.25, 0.3) is 0 Å². The predicted molar refractivity (Wildman–Crippen MR) is 89.4 cm³/mol. The Balaban J connectivity index is 0.000000595. The standard InChI is InChI=1S/C17H17NO2.CH3NO/c1-12(19)20-17-11-13-7-3-5-9-15(13)18(2)16-10-6-4-8-14(16)17;2-1-3/h3-10,17H,11H2,1-2H3;1H,(H2,2,3). The zero-order valence-electron chi connectivity index (χ0n) is 13.2. The van der Waals surface area contributed by atoms with Crippen LogP contribution in [-0.2, 0) is 20.7 Å². The summed E-state index contributed by atoms with van der Waals surface area (Å²) in [5, 5.41) is 0. The van der Waals surface area contributed by atoms with Gasteiger partial charge in [0.25, 0.3) is 0 Å². The van der Waals surface area contributed by atoms with E-state index in [0.717, 1.165) is 16.9 Å². The number of rotatable bonds is 1. The molecule has 2 aromatic rings. The van der Waals surface area contributed by atoms with E-state index in [4.69, 9.17) is 9.53 Å². The lowest BCUT2D eigenvalue weighted by atomic mass is 10.0. The molecule has 1 atom stereocenters. The van der Waals surface area contributed by atoms with Gasteiger partial charge in [0, 0.05) is 37.3 Å². The van der Waals surface area contributed by atoms with Crippen LogP contribution in [0.4, 0.5) is 11.4 Å². The number of nitrogens with zero attached hydrogens (tertiary/aromatic N) is 1. The van der Waals surface area contributed by atoms with Gasteiger partial charge in [-0.05, 0) is 17.7 Å². The summed E-state index contributed by atoms with van der Waals surface area (Å²) in [7, 11) is 2.05. The Morgan fingerprint density at radius 1 is 1.17 bits per heavy atom. The van der Waals surface area contributed by atoms with E-state index >= 15 is 0 Å². The second-order valence-electron chi connectivity index (χ2n) is 5.18. The first kappa shape index (κ1) is 16.5. The molecule has 0 radical (unpaired) electrons. The average molecular weight is 312 g/mol. The van der Waals surface area contributed by atoms with Crippen molar-refractivity contribution >= 4 is 23.8 Å². The summed E-state index contributed by atoms with van der Waals surface area (Å²) in [5.74, 6) is -0.244. The number of hydrogen-bond acceptors (Lipinski definition) is 4. The number of benzene rings is 2. The molecule has 0 saturated carbocycles. The highest BCUT2D eigenvalue weighted by Gasteiger charge is 2.26. The lowest BCUT2D eigenvalue weighted by Gasteiger charge is -2.22. The van der Waals surface area contributed by atoms with Crippen molar-refractivity contribution in [1.29, 1.82) is 0 Å². The van der Waals surface area contributed by atoms with Crippen LogP contribution in [0.15, 0.2) is 48.5 Å². The quantitative estimate of drug-likeness (QED) is 0.649. The highest BCUT2D eigenvalue weighted by molar-refractivity contribution is 5.72. The molecule has 0 fully saturated rings. The Morgan fingerprint density at radius 3 is 2.39 bits per heavy atom. The summed E-state index contributed by atoms with van der Waals surface area (Å²) in [6.07, 6.45) is 0.728. The number of ether oxygens (including phenoxy) is 1. The van der Waals surface area contributed by atoms with Gasteiger partial charge >= 0.3 is 5.97 Å². The molecule has 1 unspecified atom stereocenters. The van der Waals surface area contributed by atoms with Crippen LogP contribution < -0.4 is 10.6 Å². The van der Waals surface area contributed by atoms with Gasteiger partial charge in [0.05, 0.1) is 0 Å². The maximum absolute atomic E-state index is 11.4. The van der Waals surface area contributed by atoms with Gasteiger partial charge < -0.3 is 15.4 Å². The number of esters is 1. The fraction of sp³-hybridized carbons (Fsp3) is 0.222. The SMILES string of the molecule is CC(=O)OC1Cc2ccccc2N(C)c2ccccc21.NC=O. The van der Waals surface area contributed by atoms with Crippen molar-refractivity contribution < 1.29 is 14.3 Å². The third-order valence-corrected chi connectivity index (χ3v) is 3.71. The van der Waals surface area contributed by atoms with Crippen LogP contribution in [0.5, 0.6) is 0 Å². The zero-order valence-corrected chi connectivity index (χ0v) is 13.2. The van der Waals surface area contributed by atoms with E-state index in [0.29, 0.717) is 6.42 Å². The number of fused-ring (bicyclic) bond motifs is 2. The van der Waals surface area contributed by atoms with Gasteiger partial charge in [-0.2, -0.15) is 0 Å². The lowest BCUT2D eigenvalue weighted by Crippen LogP contribution is -2.12. The third kappa shape index (κ3) is 3.69. The molecule has 0 aromatic heterocycles. The number of anilines is 2. The summed E-state index contributed by atoms with van der Waals surface area (Å²) in [4.78, 5) is 22.1. The summed E-state index contributed by atoms with van der Waals surface area (Å²) >= 11 is 0. The molecule has 0 spiro atoms. The highest BCUT2D eigenvalue weighted by atomic mass is 16.5. The minimum absolute atomic E-state index is 0.227. The third-order valence-electron chi connectivity index (χ3n) is 3.71. The van der Waals surface area contributed by atoms with Crippen LogP contribution in [-0.4, -0.2) is 19.4 Å². The van der Waals surface area contributed by atoms with Crippen molar-refractivity contribution in [2.24, 2.45) is 5.73 Å². The fourth-order valence-electron chi connectivity index (χ4n) is 2.82. The maximum Gasteiger partial charge on any atom is 0.303 e. The minimum Gasteiger partial charge on any atom is -0.457 e. The molecule has 2 aromatic carbocycles. The molecule has 1 aliphatic heterocycles. The molecule has 1 heterocycles. The number of primary amides is 1. The van der Waals surface area contributed by atoms with E-state index in [9.17, 15) is 4.79 Å². The molecule has 1 aliphatic rings. The smallest absolute Gasteiger partial charge is 0.303 e. The molecule has 0 aliphatic carbocycles. The highest BCUT2D eigenvalue weighted by Crippen LogP contribution is 2.40. The molecule has 0 saturated heterocycles. The Morgan fingerprint density at radius 2 is 1.74 bits per heavy atom. The summed E-state index contributed by atoms with van der Waals surface area (Å²) in [6, 6.07) is 16.3. The number of hydrogen-bond donors (Lipinski definition) is 1. The first-order chi connectivity index (χ1) is 11.1. The van der Waals surface area contributed by atoms with Gasteiger partial charge in [0.1, 0.15) is 6.10 Å². The Bertz CT molecular complexity index is 700. The Labute approximate surface area is 135 Å². The van der Waals surface area contributed by atoms with Crippen LogP contribution in [0.2, 0.25) is 0 Å². The molecule has 5 nitrogen and oxygen atoms in total.